The molecule has 0 radical (unpaired) electrons. The highest BCUT2D eigenvalue weighted by atomic mass is 35.5. The summed E-state index contributed by atoms with van der Waals surface area (Å²) in [6.07, 6.45) is 4.96. The predicted octanol–water partition coefficient (Wildman–Crippen LogP) is 2.29. The van der Waals surface area contributed by atoms with Crippen molar-refractivity contribution in [2.24, 2.45) is 23.5 Å². The number of nitrogens with one attached hydrogen (secondary N) is 2. The van der Waals surface area contributed by atoms with Crippen molar-refractivity contribution < 1.29 is 4.79 Å². The Morgan fingerprint density at radius 1 is 1.32 bits per heavy atom. The van der Waals surface area contributed by atoms with Crippen LogP contribution in [0.15, 0.2) is 12.3 Å². The van der Waals surface area contributed by atoms with Gasteiger partial charge in [-0.15, -0.1) is 0 Å². The summed E-state index contributed by atoms with van der Waals surface area (Å²) >= 11 is 11.8. The number of pyridine rings is 1. The third-order valence-electron chi connectivity index (χ3n) is 4.81. The van der Waals surface area contributed by atoms with Crippen molar-refractivity contribution >= 4 is 34.9 Å². The van der Waals surface area contributed by atoms with E-state index in [-0.39, 0.29) is 17.9 Å². The molecule has 2 bridgehead atoms. The van der Waals surface area contributed by atoms with E-state index >= 15 is 0 Å². The minimum atomic E-state index is -0.0176. The van der Waals surface area contributed by atoms with Gasteiger partial charge >= 0.3 is 0 Å². The first kappa shape index (κ1) is 15.8. The van der Waals surface area contributed by atoms with E-state index in [4.69, 9.17) is 28.9 Å². The van der Waals surface area contributed by atoms with E-state index in [0.29, 0.717) is 40.8 Å². The molecule has 4 unspecified atom stereocenters. The maximum absolute atomic E-state index is 12.3. The zero-order valence-corrected chi connectivity index (χ0v) is 13.7. The Labute approximate surface area is 139 Å². The van der Waals surface area contributed by atoms with Crippen LogP contribution in [0.5, 0.6) is 0 Å². The number of carbonyl (C=O) groups excluding carboxylic acids is 1. The van der Waals surface area contributed by atoms with E-state index in [1.165, 1.54) is 12.6 Å². The van der Waals surface area contributed by atoms with E-state index in [9.17, 15) is 4.79 Å². The van der Waals surface area contributed by atoms with Crippen molar-refractivity contribution in [3.8, 4) is 0 Å². The van der Waals surface area contributed by atoms with Crippen molar-refractivity contribution in [2.45, 2.75) is 25.3 Å². The lowest BCUT2D eigenvalue weighted by Gasteiger charge is -2.27. The highest BCUT2D eigenvalue weighted by molar-refractivity contribution is 6.35. The number of aromatic nitrogens is 1. The van der Waals surface area contributed by atoms with E-state index in [0.717, 1.165) is 12.8 Å². The normalized spacial score (nSPS) is 29.6. The third kappa shape index (κ3) is 3.16. The van der Waals surface area contributed by atoms with Gasteiger partial charge in [-0.25, -0.2) is 4.98 Å². The number of nitrogens with zero attached hydrogens (tertiary/aromatic N) is 1. The molecule has 2 aliphatic rings. The monoisotopic (exact) mass is 342 g/mol. The van der Waals surface area contributed by atoms with Gasteiger partial charge in [0.2, 0.25) is 5.91 Å². The summed E-state index contributed by atoms with van der Waals surface area (Å²) in [6.45, 7) is 1.07. The van der Waals surface area contributed by atoms with Gasteiger partial charge in [-0.3, -0.25) is 4.79 Å². The molecule has 4 atom stereocenters. The minimum absolute atomic E-state index is 0.0176. The van der Waals surface area contributed by atoms with Gasteiger partial charge in [0.05, 0.1) is 16.0 Å². The highest BCUT2D eigenvalue weighted by Crippen LogP contribution is 2.47. The Bertz CT molecular complexity index is 566. The third-order valence-corrected chi connectivity index (χ3v) is 5.30. The first-order chi connectivity index (χ1) is 10.6. The van der Waals surface area contributed by atoms with Crippen LogP contribution in [0.3, 0.4) is 0 Å². The maximum atomic E-state index is 12.3. The molecule has 1 heterocycles. The van der Waals surface area contributed by atoms with Crippen molar-refractivity contribution in [1.29, 1.82) is 0 Å². The van der Waals surface area contributed by atoms with Crippen LogP contribution in [-0.2, 0) is 4.79 Å². The summed E-state index contributed by atoms with van der Waals surface area (Å²) in [4.78, 5) is 16.4. The van der Waals surface area contributed by atoms with Gasteiger partial charge in [-0.05, 0) is 37.2 Å². The molecule has 3 rings (SSSR count). The molecule has 1 aromatic rings. The number of nitrogens with two attached hydrogens (primary N) is 1. The zero-order chi connectivity index (χ0) is 15.7. The van der Waals surface area contributed by atoms with Crippen LogP contribution in [-0.4, -0.2) is 30.0 Å². The standard InChI is InChI=1S/C15H20Cl2N4O/c16-10-6-11(17)14(21-7-10)19-3-4-20-15(22)12-8-1-2-9(5-8)13(12)18/h6-9,12-13H,1-5,18H2,(H,19,21)(H,20,22). The Kier molecular flexibility index (Phi) is 4.76. The number of hydrogen-bond donors (Lipinski definition) is 3. The number of halogens is 2. The smallest absolute Gasteiger partial charge is 0.225 e. The number of hydrogen-bond acceptors (Lipinski definition) is 4. The molecule has 0 aliphatic heterocycles. The Balaban J connectivity index is 1.44. The summed E-state index contributed by atoms with van der Waals surface area (Å²) in [5.41, 5.74) is 6.18. The van der Waals surface area contributed by atoms with Gasteiger partial charge in [-0.1, -0.05) is 23.2 Å². The molecule has 7 heteroatoms. The lowest BCUT2D eigenvalue weighted by atomic mass is 9.84. The van der Waals surface area contributed by atoms with Crippen LogP contribution in [0.1, 0.15) is 19.3 Å². The van der Waals surface area contributed by atoms with Crippen molar-refractivity contribution in [1.82, 2.24) is 10.3 Å². The molecule has 1 amide bonds. The molecule has 120 valence electrons. The SMILES string of the molecule is NC1C2CCC(C2)C1C(=O)NCCNc1ncc(Cl)cc1Cl. The fourth-order valence-electron chi connectivity index (χ4n) is 3.75. The number of fused-ring (bicyclic) bond motifs is 2. The molecule has 4 N–H and O–H groups in total. The van der Waals surface area contributed by atoms with Crippen LogP contribution in [0.2, 0.25) is 10.0 Å². The summed E-state index contributed by atoms with van der Waals surface area (Å²) in [7, 11) is 0. The van der Waals surface area contributed by atoms with E-state index in [1.54, 1.807) is 6.07 Å². The Morgan fingerprint density at radius 3 is 2.77 bits per heavy atom. The highest BCUT2D eigenvalue weighted by Gasteiger charge is 2.48. The molecule has 2 fully saturated rings. The summed E-state index contributed by atoms with van der Waals surface area (Å²) in [5, 5.41) is 7.01. The van der Waals surface area contributed by atoms with Gasteiger partial charge < -0.3 is 16.4 Å². The van der Waals surface area contributed by atoms with Gasteiger partial charge in [0, 0.05) is 25.3 Å². The fourth-order valence-corrected chi connectivity index (χ4v) is 4.20. The average Bonchev–Trinajstić information content (AvgIpc) is 3.06. The molecular formula is C15H20Cl2N4O. The first-order valence-electron chi connectivity index (χ1n) is 7.64. The summed E-state index contributed by atoms with van der Waals surface area (Å²) < 4.78 is 0. The van der Waals surface area contributed by atoms with E-state index < -0.39 is 0 Å². The second-order valence-corrected chi connectivity index (χ2v) is 6.98. The molecular weight excluding hydrogens is 323 g/mol. The lowest BCUT2D eigenvalue weighted by Crippen LogP contribution is -2.46. The van der Waals surface area contributed by atoms with Crippen molar-refractivity contribution in [3.05, 3.63) is 22.3 Å². The van der Waals surface area contributed by atoms with Crippen LogP contribution >= 0.6 is 23.2 Å². The van der Waals surface area contributed by atoms with Crippen LogP contribution in [0.25, 0.3) is 0 Å². The maximum Gasteiger partial charge on any atom is 0.225 e. The Morgan fingerprint density at radius 2 is 2.09 bits per heavy atom. The first-order valence-corrected chi connectivity index (χ1v) is 8.40. The number of carbonyl (C=O) groups is 1. The second-order valence-electron chi connectivity index (χ2n) is 6.14. The summed E-state index contributed by atoms with van der Waals surface area (Å²) in [5.74, 6) is 1.64. The fraction of sp³-hybridized carbons (Fsp3) is 0.600. The Hall–Kier alpha value is -1.04. The average molecular weight is 343 g/mol. The second kappa shape index (κ2) is 6.60. The molecule has 22 heavy (non-hydrogen) atoms. The molecule has 0 aromatic carbocycles. The zero-order valence-electron chi connectivity index (χ0n) is 12.2. The number of anilines is 1. The number of amides is 1. The molecule has 0 saturated heterocycles. The molecule has 1 aromatic heterocycles. The predicted molar refractivity (Wildman–Crippen MR) is 88.1 cm³/mol. The van der Waals surface area contributed by atoms with Gasteiger partial charge in [0.25, 0.3) is 0 Å². The molecule has 2 aliphatic carbocycles. The van der Waals surface area contributed by atoms with Gasteiger partial charge in [0.15, 0.2) is 0 Å². The molecule has 2 saturated carbocycles. The van der Waals surface area contributed by atoms with Crippen molar-refractivity contribution in [2.75, 3.05) is 18.4 Å². The minimum Gasteiger partial charge on any atom is -0.367 e. The van der Waals surface area contributed by atoms with Crippen molar-refractivity contribution in [3.63, 3.8) is 0 Å². The molecule has 5 nitrogen and oxygen atoms in total. The topological polar surface area (TPSA) is 80.0 Å². The quantitative estimate of drug-likeness (QED) is 0.717. The van der Waals surface area contributed by atoms with E-state index in [1.807, 2.05) is 0 Å². The van der Waals surface area contributed by atoms with Crippen LogP contribution < -0.4 is 16.4 Å². The van der Waals surface area contributed by atoms with Gasteiger partial charge in [-0.2, -0.15) is 0 Å². The lowest BCUT2D eigenvalue weighted by molar-refractivity contribution is -0.126. The van der Waals surface area contributed by atoms with E-state index in [2.05, 4.69) is 15.6 Å². The number of rotatable bonds is 5. The van der Waals surface area contributed by atoms with Crippen LogP contribution in [0.4, 0.5) is 5.82 Å². The molecule has 0 spiro atoms. The largest absolute Gasteiger partial charge is 0.367 e. The van der Waals surface area contributed by atoms with Crippen LogP contribution in [0, 0.1) is 17.8 Å². The van der Waals surface area contributed by atoms with Gasteiger partial charge in [0.1, 0.15) is 5.82 Å². The summed E-state index contributed by atoms with van der Waals surface area (Å²) in [6, 6.07) is 1.66.